The molecular weight excluding hydrogens is 160 g/mol. The minimum absolute atomic E-state index is 0.986. The predicted molar refractivity (Wildman–Crippen MR) is 54.1 cm³/mol. The van der Waals surface area contributed by atoms with Gasteiger partial charge in [-0.25, -0.2) is 4.98 Å². The molecule has 0 bridgehead atoms. The third-order valence-corrected chi connectivity index (χ3v) is 2.08. The maximum absolute atomic E-state index is 4.19. The van der Waals surface area contributed by atoms with Crippen LogP contribution in [0.1, 0.15) is 12.2 Å². The van der Waals surface area contributed by atoms with Crippen LogP contribution in [0.15, 0.2) is 42.8 Å². The summed E-state index contributed by atoms with van der Waals surface area (Å²) in [5.41, 5.74) is 1.19. The number of nitrogens with zero attached hydrogens (tertiary/aromatic N) is 2. The fourth-order valence-electron chi connectivity index (χ4n) is 1.40. The molecular formula is C11H12N2. The van der Waals surface area contributed by atoms with Gasteiger partial charge in [-0.3, -0.25) is 0 Å². The van der Waals surface area contributed by atoms with Gasteiger partial charge in [0.15, 0.2) is 0 Å². The molecule has 0 fully saturated rings. The highest BCUT2D eigenvalue weighted by Gasteiger charge is 1.99. The van der Waals surface area contributed by atoms with Crippen molar-refractivity contribution in [3.8, 4) is 0 Å². The molecule has 2 rings (SSSR count). The number of rotatable bonds is 1. The molecule has 0 aliphatic heterocycles. The lowest BCUT2D eigenvalue weighted by molar-refractivity contribution is 1.00. The summed E-state index contributed by atoms with van der Waals surface area (Å²) < 4.78 is 2.09. The van der Waals surface area contributed by atoms with Crippen molar-refractivity contribution < 1.29 is 0 Å². The van der Waals surface area contributed by atoms with Crippen LogP contribution in [0.5, 0.6) is 0 Å². The van der Waals surface area contributed by atoms with Crippen LogP contribution in [0.2, 0.25) is 0 Å². The largest absolute Gasteiger partial charge is 0.304 e. The third kappa shape index (κ3) is 1.61. The van der Waals surface area contributed by atoms with Gasteiger partial charge in [0.05, 0.1) is 0 Å². The van der Waals surface area contributed by atoms with Crippen molar-refractivity contribution in [2.75, 3.05) is 0 Å². The summed E-state index contributed by atoms with van der Waals surface area (Å²) in [6, 6.07) is 0. The van der Waals surface area contributed by atoms with Crippen LogP contribution in [0, 0.1) is 6.92 Å². The molecule has 1 aliphatic rings. The standard InChI is InChI=1S/C11H12N2/c1-10-12-8-9-13(10)11-6-4-2-3-5-7-11/h2-4,6-9H,5H2,1H3. The maximum Gasteiger partial charge on any atom is 0.110 e. The highest BCUT2D eigenvalue weighted by Crippen LogP contribution is 2.12. The Morgan fingerprint density at radius 2 is 2.31 bits per heavy atom. The van der Waals surface area contributed by atoms with E-state index in [0.29, 0.717) is 0 Å². The number of aromatic nitrogens is 2. The number of allylic oxidation sites excluding steroid dienone is 6. The fourth-order valence-corrected chi connectivity index (χ4v) is 1.40. The predicted octanol–water partition coefficient (Wildman–Crippen LogP) is 2.55. The molecule has 1 aliphatic carbocycles. The maximum atomic E-state index is 4.19. The molecule has 66 valence electrons. The van der Waals surface area contributed by atoms with Crippen molar-refractivity contribution >= 4 is 5.70 Å². The molecule has 0 spiro atoms. The third-order valence-electron chi connectivity index (χ3n) is 2.08. The summed E-state index contributed by atoms with van der Waals surface area (Å²) in [5, 5.41) is 0. The van der Waals surface area contributed by atoms with Gasteiger partial charge in [-0.15, -0.1) is 0 Å². The molecule has 1 aromatic heterocycles. The van der Waals surface area contributed by atoms with E-state index in [4.69, 9.17) is 0 Å². The molecule has 2 heteroatoms. The highest BCUT2D eigenvalue weighted by atomic mass is 15.1. The van der Waals surface area contributed by atoms with E-state index in [2.05, 4.69) is 39.9 Å². The first-order chi connectivity index (χ1) is 6.38. The molecule has 0 amide bonds. The number of hydrogen-bond acceptors (Lipinski definition) is 1. The molecule has 13 heavy (non-hydrogen) atoms. The van der Waals surface area contributed by atoms with Gasteiger partial charge in [-0.05, 0) is 19.4 Å². The quantitative estimate of drug-likeness (QED) is 0.636. The first-order valence-electron chi connectivity index (χ1n) is 4.41. The number of aryl methyl sites for hydroxylation is 1. The van der Waals surface area contributed by atoms with Crippen LogP contribution in [0.25, 0.3) is 5.70 Å². The van der Waals surface area contributed by atoms with Gasteiger partial charge in [-0.1, -0.05) is 24.3 Å². The summed E-state index contributed by atoms with van der Waals surface area (Å²) in [6.07, 6.45) is 15.3. The monoisotopic (exact) mass is 172 g/mol. The second-order valence-corrected chi connectivity index (χ2v) is 3.00. The summed E-state index contributed by atoms with van der Waals surface area (Å²) in [6.45, 7) is 2.01. The first kappa shape index (κ1) is 8.05. The summed E-state index contributed by atoms with van der Waals surface area (Å²) in [7, 11) is 0. The molecule has 0 aromatic carbocycles. The molecule has 0 unspecified atom stereocenters. The minimum atomic E-state index is 0.986. The Morgan fingerprint density at radius 1 is 1.38 bits per heavy atom. The van der Waals surface area contributed by atoms with E-state index < -0.39 is 0 Å². The fraction of sp³-hybridized carbons (Fsp3) is 0.182. The van der Waals surface area contributed by atoms with E-state index in [9.17, 15) is 0 Å². The molecule has 0 N–H and O–H groups in total. The average Bonchev–Trinajstić information content (AvgIpc) is 2.43. The second kappa shape index (κ2) is 3.44. The van der Waals surface area contributed by atoms with Gasteiger partial charge in [0.1, 0.15) is 5.82 Å². The van der Waals surface area contributed by atoms with E-state index in [-0.39, 0.29) is 0 Å². The molecule has 0 radical (unpaired) electrons. The van der Waals surface area contributed by atoms with Crippen LogP contribution in [0.4, 0.5) is 0 Å². The molecule has 1 aromatic rings. The Morgan fingerprint density at radius 3 is 3.08 bits per heavy atom. The van der Waals surface area contributed by atoms with Crippen molar-refractivity contribution in [3.05, 3.63) is 48.6 Å². The SMILES string of the molecule is Cc1nccn1C1=CCC=CC=C1. The normalized spacial score (nSPS) is 15.6. The van der Waals surface area contributed by atoms with Crippen molar-refractivity contribution in [2.24, 2.45) is 0 Å². The van der Waals surface area contributed by atoms with Crippen LogP contribution >= 0.6 is 0 Å². The second-order valence-electron chi connectivity index (χ2n) is 3.00. The Balaban J connectivity index is 2.37. The zero-order chi connectivity index (χ0) is 9.10. The zero-order valence-corrected chi connectivity index (χ0v) is 7.64. The Bertz CT molecular complexity index is 381. The highest BCUT2D eigenvalue weighted by molar-refractivity contribution is 5.59. The van der Waals surface area contributed by atoms with Crippen molar-refractivity contribution in [1.82, 2.24) is 9.55 Å². The van der Waals surface area contributed by atoms with Crippen molar-refractivity contribution in [3.63, 3.8) is 0 Å². The van der Waals surface area contributed by atoms with Gasteiger partial charge < -0.3 is 4.57 Å². The minimum Gasteiger partial charge on any atom is -0.304 e. The van der Waals surface area contributed by atoms with Crippen LogP contribution in [0.3, 0.4) is 0 Å². The number of imidazole rings is 1. The van der Waals surface area contributed by atoms with Crippen molar-refractivity contribution in [2.45, 2.75) is 13.3 Å². The lowest BCUT2D eigenvalue weighted by atomic mass is 10.3. The van der Waals surface area contributed by atoms with E-state index in [1.165, 1.54) is 5.70 Å². The van der Waals surface area contributed by atoms with E-state index in [1.54, 1.807) is 0 Å². The Hall–Kier alpha value is -1.57. The van der Waals surface area contributed by atoms with E-state index >= 15 is 0 Å². The topological polar surface area (TPSA) is 17.8 Å². The molecule has 2 nitrogen and oxygen atoms in total. The zero-order valence-electron chi connectivity index (χ0n) is 7.64. The van der Waals surface area contributed by atoms with Gasteiger partial charge in [-0.2, -0.15) is 0 Å². The van der Waals surface area contributed by atoms with Gasteiger partial charge in [0.2, 0.25) is 0 Å². The summed E-state index contributed by atoms with van der Waals surface area (Å²) >= 11 is 0. The Kier molecular flexibility index (Phi) is 2.13. The van der Waals surface area contributed by atoms with Crippen molar-refractivity contribution in [1.29, 1.82) is 0 Å². The van der Waals surface area contributed by atoms with E-state index in [1.807, 2.05) is 19.3 Å². The summed E-state index contributed by atoms with van der Waals surface area (Å²) in [5.74, 6) is 1.03. The van der Waals surface area contributed by atoms with Crippen LogP contribution in [-0.4, -0.2) is 9.55 Å². The molecule has 0 atom stereocenters. The first-order valence-corrected chi connectivity index (χ1v) is 4.41. The Labute approximate surface area is 77.9 Å². The van der Waals surface area contributed by atoms with E-state index in [0.717, 1.165) is 12.2 Å². The molecule has 0 saturated carbocycles. The number of hydrogen-bond donors (Lipinski definition) is 0. The summed E-state index contributed by atoms with van der Waals surface area (Å²) in [4.78, 5) is 4.19. The van der Waals surface area contributed by atoms with Gasteiger partial charge in [0, 0.05) is 18.1 Å². The lowest BCUT2D eigenvalue weighted by Crippen LogP contribution is -1.95. The van der Waals surface area contributed by atoms with Gasteiger partial charge >= 0.3 is 0 Å². The molecule has 0 saturated heterocycles. The van der Waals surface area contributed by atoms with Gasteiger partial charge in [0.25, 0.3) is 0 Å². The molecule has 1 heterocycles. The smallest absolute Gasteiger partial charge is 0.110 e. The van der Waals surface area contributed by atoms with Crippen LogP contribution in [-0.2, 0) is 0 Å². The van der Waals surface area contributed by atoms with Crippen LogP contribution < -0.4 is 0 Å². The average molecular weight is 172 g/mol. The lowest BCUT2D eigenvalue weighted by Gasteiger charge is -2.04.